The van der Waals surface area contributed by atoms with Gasteiger partial charge in [0.05, 0.1) is 11.7 Å². The lowest BCUT2D eigenvalue weighted by Crippen LogP contribution is -2.60. The number of carboxylic acid groups (broad SMARTS) is 1. The van der Waals surface area contributed by atoms with Crippen LogP contribution in [-0.4, -0.2) is 106 Å². The molecule has 0 unspecified atom stereocenters. The maximum Gasteiger partial charge on any atom is 0.326 e. The molecule has 11 N–H and O–H groups in total. The van der Waals surface area contributed by atoms with Gasteiger partial charge in [-0.2, -0.15) is 0 Å². The molecule has 1 aliphatic heterocycles. The summed E-state index contributed by atoms with van der Waals surface area (Å²) < 4.78 is 0. The van der Waals surface area contributed by atoms with E-state index in [0.29, 0.717) is 86.6 Å². The Balaban J connectivity index is 1.90. The first-order valence-electron chi connectivity index (χ1n) is 20.7. The number of nitrogens with one attached hydrogen (secondary N) is 4. The van der Waals surface area contributed by atoms with E-state index in [4.69, 9.17) is 33.8 Å². The Bertz CT molecular complexity index is 1690. The van der Waals surface area contributed by atoms with Gasteiger partial charge in [-0.3, -0.25) is 24.0 Å². The minimum atomic E-state index is -1.24. The summed E-state index contributed by atoms with van der Waals surface area (Å²) in [6, 6.07) is 0.879. The van der Waals surface area contributed by atoms with Crippen molar-refractivity contribution in [3.63, 3.8) is 0 Å². The molecule has 0 radical (unpaired) electrons. The van der Waals surface area contributed by atoms with Crippen molar-refractivity contribution < 1.29 is 33.9 Å². The minimum absolute atomic E-state index is 0.0212. The highest BCUT2D eigenvalue weighted by molar-refractivity contribution is 7.13. The van der Waals surface area contributed by atoms with Crippen LogP contribution in [0.4, 0.5) is 0 Å². The van der Waals surface area contributed by atoms with Crippen LogP contribution in [0.5, 0.6) is 0 Å². The van der Waals surface area contributed by atoms with Crippen LogP contribution < -0.4 is 38.5 Å². The molecule has 1 aromatic carbocycles. The molecule has 59 heavy (non-hydrogen) atoms. The molecule has 0 aliphatic carbocycles. The lowest BCUT2D eigenvalue weighted by atomic mass is 9.96. The van der Waals surface area contributed by atoms with Gasteiger partial charge >= 0.3 is 5.97 Å². The third-order valence-corrected chi connectivity index (χ3v) is 11.7. The van der Waals surface area contributed by atoms with Crippen molar-refractivity contribution in [3.05, 3.63) is 40.4 Å². The molecule has 2 aromatic rings. The summed E-state index contributed by atoms with van der Waals surface area (Å²) in [5, 5.41) is 23.9. The number of rotatable bonds is 25. The number of amides is 5. The first kappa shape index (κ1) is 49.2. The number of nitrogens with zero attached hydrogens (tertiary/aromatic N) is 2. The molecular formula is C41H64ClN9O7S. The van der Waals surface area contributed by atoms with Crippen molar-refractivity contribution >= 4 is 58.4 Å². The van der Waals surface area contributed by atoms with Crippen molar-refractivity contribution in [2.45, 2.75) is 135 Å². The summed E-state index contributed by atoms with van der Waals surface area (Å²) in [4.78, 5) is 87.6. The van der Waals surface area contributed by atoms with Crippen molar-refractivity contribution in [3.8, 4) is 10.6 Å². The molecule has 0 spiro atoms. The van der Waals surface area contributed by atoms with Gasteiger partial charge in [0.25, 0.3) is 0 Å². The number of halogens is 1. The quantitative estimate of drug-likeness (QED) is 0.0673. The molecule has 0 bridgehead atoms. The van der Waals surface area contributed by atoms with Crippen LogP contribution in [0.1, 0.15) is 97.6 Å². The third-order valence-electron chi connectivity index (χ3n) is 10.5. The van der Waals surface area contributed by atoms with Gasteiger partial charge < -0.3 is 48.5 Å². The Morgan fingerprint density at radius 2 is 1.53 bits per heavy atom. The third kappa shape index (κ3) is 15.4. The number of likely N-dealkylation sites (tertiary alicyclic amines) is 1. The maximum atomic E-state index is 14.3. The number of hydrogen-bond donors (Lipinski definition) is 8. The smallest absolute Gasteiger partial charge is 0.326 e. The molecule has 0 saturated carbocycles. The number of unbranched alkanes of at least 4 members (excludes halogenated alkanes) is 2. The number of aromatic nitrogens is 1. The van der Waals surface area contributed by atoms with E-state index >= 15 is 0 Å². The Kier molecular flexibility index (Phi) is 20.7. The number of aliphatic carboxylic acids is 1. The van der Waals surface area contributed by atoms with E-state index in [0.717, 1.165) is 5.56 Å². The molecule has 1 aliphatic rings. The number of carboxylic acids is 1. The Morgan fingerprint density at radius 1 is 0.881 bits per heavy atom. The second-order valence-corrected chi connectivity index (χ2v) is 17.0. The second-order valence-electron chi connectivity index (χ2n) is 15.7. The fraction of sp³-hybridized carbons (Fsp3) is 0.634. The predicted octanol–water partition coefficient (Wildman–Crippen LogP) is 2.70. The minimum Gasteiger partial charge on any atom is -0.480 e. The zero-order valence-electron chi connectivity index (χ0n) is 34.7. The fourth-order valence-corrected chi connectivity index (χ4v) is 7.86. The van der Waals surface area contributed by atoms with E-state index in [2.05, 4.69) is 21.3 Å². The van der Waals surface area contributed by atoms with Crippen LogP contribution in [0.2, 0.25) is 5.02 Å². The van der Waals surface area contributed by atoms with E-state index in [9.17, 15) is 33.9 Å². The average molecular weight is 863 g/mol. The monoisotopic (exact) mass is 861 g/mol. The molecule has 18 heteroatoms. The van der Waals surface area contributed by atoms with Gasteiger partial charge in [-0.25, -0.2) is 9.78 Å². The zero-order valence-corrected chi connectivity index (χ0v) is 36.3. The van der Waals surface area contributed by atoms with Crippen LogP contribution in [0.25, 0.3) is 10.6 Å². The van der Waals surface area contributed by atoms with Crippen molar-refractivity contribution in [2.75, 3.05) is 19.6 Å². The van der Waals surface area contributed by atoms with E-state index in [1.165, 1.54) is 16.2 Å². The Labute approximate surface area is 356 Å². The summed E-state index contributed by atoms with van der Waals surface area (Å²) >= 11 is 7.44. The molecule has 3 rings (SSSR count). The summed E-state index contributed by atoms with van der Waals surface area (Å²) in [6.45, 7) is 8.45. The lowest BCUT2D eigenvalue weighted by molar-refractivity contribution is -0.143. The first-order chi connectivity index (χ1) is 28.1. The number of benzene rings is 1. The number of carbonyl (C=O) groups is 6. The van der Waals surface area contributed by atoms with Crippen molar-refractivity contribution in [1.82, 2.24) is 31.2 Å². The summed E-state index contributed by atoms with van der Waals surface area (Å²) in [7, 11) is 0. The van der Waals surface area contributed by atoms with Gasteiger partial charge in [0.1, 0.15) is 35.2 Å². The SMILES string of the molecule is CC[C@H](C)[C@H](NC(=O)[C@H](Cc1csc(-c2ccc(Cl)cc2)n1)NC(=O)[C@@H]1CCCN1C(=O)[C@H](CCCCN)NC(=O)[C@@H](N)CCCCN)C(=O)N[C@@H](CC(C)C)C(=O)O. The van der Waals surface area contributed by atoms with Gasteiger partial charge in [-0.1, -0.05) is 64.3 Å². The van der Waals surface area contributed by atoms with Crippen molar-refractivity contribution in [2.24, 2.45) is 29.0 Å². The average Bonchev–Trinajstić information content (AvgIpc) is 3.89. The van der Waals surface area contributed by atoms with Gasteiger partial charge in [0.2, 0.25) is 29.5 Å². The summed E-state index contributed by atoms with van der Waals surface area (Å²) in [6.07, 6.45) is 4.71. The van der Waals surface area contributed by atoms with Gasteiger partial charge in [-0.15, -0.1) is 11.3 Å². The van der Waals surface area contributed by atoms with Crippen molar-refractivity contribution in [1.29, 1.82) is 0 Å². The van der Waals surface area contributed by atoms with E-state index in [-0.39, 0.29) is 25.3 Å². The summed E-state index contributed by atoms with van der Waals surface area (Å²) in [5.74, 6) is -4.42. The molecule has 1 saturated heterocycles. The highest BCUT2D eigenvalue weighted by atomic mass is 35.5. The van der Waals surface area contributed by atoms with Crippen LogP contribution in [0.15, 0.2) is 29.6 Å². The maximum absolute atomic E-state index is 14.3. The summed E-state index contributed by atoms with van der Waals surface area (Å²) in [5.41, 5.74) is 18.8. The van der Waals surface area contributed by atoms with Crippen LogP contribution in [-0.2, 0) is 35.2 Å². The number of nitrogens with two attached hydrogens (primary N) is 3. The molecule has 328 valence electrons. The van der Waals surface area contributed by atoms with E-state index < -0.39 is 77.7 Å². The first-order valence-corrected chi connectivity index (χ1v) is 22.0. The zero-order chi connectivity index (χ0) is 43.6. The molecular weight excluding hydrogens is 798 g/mol. The second kappa shape index (κ2) is 24.8. The highest BCUT2D eigenvalue weighted by Crippen LogP contribution is 2.26. The highest BCUT2D eigenvalue weighted by Gasteiger charge is 2.40. The molecule has 2 heterocycles. The fourth-order valence-electron chi connectivity index (χ4n) is 6.89. The van der Waals surface area contributed by atoms with E-state index in [1.54, 1.807) is 24.4 Å². The molecule has 7 atom stereocenters. The van der Waals surface area contributed by atoms with Gasteiger partial charge in [0, 0.05) is 28.9 Å². The molecule has 1 fully saturated rings. The Morgan fingerprint density at radius 3 is 2.14 bits per heavy atom. The molecule has 5 amide bonds. The van der Waals surface area contributed by atoms with Crippen LogP contribution >= 0.6 is 22.9 Å². The van der Waals surface area contributed by atoms with Gasteiger partial charge in [0.15, 0.2) is 0 Å². The molecule has 16 nitrogen and oxygen atoms in total. The lowest BCUT2D eigenvalue weighted by Gasteiger charge is -2.31. The van der Waals surface area contributed by atoms with Crippen LogP contribution in [0.3, 0.4) is 0 Å². The predicted molar refractivity (Wildman–Crippen MR) is 229 cm³/mol. The molecule has 1 aromatic heterocycles. The Hall–Kier alpha value is -4.16. The normalized spacial score (nSPS) is 17.0. The largest absolute Gasteiger partial charge is 0.480 e. The van der Waals surface area contributed by atoms with Crippen LogP contribution in [0, 0.1) is 11.8 Å². The van der Waals surface area contributed by atoms with E-state index in [1.807, 2.05) is 32.9 Å². The van der Waals surface area contributed by atoms with Gasteiger partial charge in [-0.05, 0) is 88.4 Å². The number of carbonyl (C=O) groups excluding carboxylic acids is 5. The number of thiazole rings is 1. The topological polar surface area (TPSA) is 265 Å². The number of hydrogen-bond acceptors (Lipinski definition) is 11. The standard InChI is InChI=1S/C41H64ClN9O7S/c1-5-25(4)34(38(55)49-32(41(57)58)21-24(2)3)50-36(53)31(22-28-23-59-39(46-28)26-14-16-27(42)17-15-26)48-37(54)33-13-10-20-51(33)40(56)30(12-7-9-19-44)47-35(52)29(45)11-6-8-18-43/h14-17,23-25,29-34H,5-13,18-22,43-45H2,1-4H3,(H,47,52)(H,48,54)(H,49,55)(H,50,53)(H,57,58)/t25-,29-,30-,31-,32-,33-,34-/m0/s1.